The molecule has 0 amide bonds. The number of aromatic amines is 1. The Morgan fingerprint density at radius 1 is 1.00 bits per heavy atom. The fourth-order valence-corrected chi connectivity index (χ4v) is 2.85. The molecule has 1 N–H and O–H groups in total. The minimum absolute atomic E-state index is 0.00196. The van der Waals surface area contributed by atoms with Gasteiger partial charge >= 0.3 is 5.97 Å². The molecule has 0 aliphatic carbocycles. The quantitative estimate of drug-likeness (QED) is 0.690. The van der Waals surface area contributed by atoms with E-state index >= 15 is 0 Å². The molecule has 0 aliphatic heterocycles. The maximum absolute atomic E-state index is 12.7. The van der Waals surface area contributed by atoms with Crippen molar-refractivity contribution in [2.45, 2.75) is 13.8 Å². The summed E-state index contributed by atoms with van der Waals surface area (Å²) >= 11 is 0. The van der Waals surface area contributed by atoms with Crippen LogP contribution in [-0.4, -0.2) is 24.7 Å². The van der Waals surface area contributed by atoms with Gasteiger partial charge in [0.05, 0.1) is 13.7 Å². The zero-order valence-corrected chi connectivity index (χ0v) is 15.5. The van der Waals surface area contributed by atoms with Crippen LogP contribution in [0.5, 0.6) is 5.75 Å². The number of aryl methyl sites for hydroxylation is 1. The zero-order chi connectivity index (χ0) is 19.4. The van der Waals surface area contributed by atoms with E-state index in [1.807, 2.05) is 43.3 Å². The van der Waals surface area contributed by atoms with E-state index < -0.39 is 11.5 Å². The number of aromatic nitrogens is 1. The van der Waals surface area contributed by atoms with Crippen LogP contribution in [0.25, 0.3) is 22.4 Å². The molecule has 5 heteroatoms. The van der Waals surface area contributed by atoms with Crippen molar-refractivity contribution in [1.82, 2.24) is 4.98 Å². The lowest BCUT2D eigenvalue weighted by Crippen LogP contribution is -2.21. The smallest absolute Gasteiger partial charge is 0.344 e. The normalized spacial score (nSPS) is 10.5. The molecule has 0 bridgehead atoms. The standard InChI is InChI=1S/C22H21NO4/c1-4-27-22(25)20-18(15-9-11-17(26-3)12-10-15)13-19(23-21(20)24)16-7-5-14(2)6-8-16/h5-13H,4H2,1-3H3,(H,23,24). The van der Waals surface area contributed by atoms with Crippen molar-refractivity contribution in [3.05, 3.63) is 76.1 Å². The minimum atomic E-state index is -0.639. The molecule has 1 heterocycles. The van der Waals surface area contributed by atoms with Crippen LogP contribution in [0.1, 0.15) is 22.8 Å². The van der Waals surface area contributed by atoms with Crippen molar-refractivity contribution in [2.75, 3.05) is 13.7 Å². The first-order valence-corrected chi connectivity index (χ1v) is 8.69. The van der Waals surface area contributed by atoms with E-state index in [4.69, 9.17) is 9.47 Å². The summed E-state index contributed by atoms with van der Waals surface area (Å²) in [6, 6.07) is 16.8. The van der Waals surface area contributed by atoms with E-state index in [2.05, 4.69) is 4.98 Å². The first-order valence-electron chi connectivity index (χ1n) is 8.69. The van der Waals surface area contributed by atoms with E-state index in [1.54, 1.807) is 32.2 Å². The first kappa shape index (κ1) is 18.5. The van der Waals surface area contributed by atoms with Crippen LogP contribution in [0.3, 0.4) is 0 Å². The summed E-state index contributed by atoms with van der Waals surface area (Å²) in [5, 5.41) is 0. The summed E-state index contributed by atoms with van der Waals surface area (Å²) in [7, 11) is 1.59. The van der Waals surface area contributed by atoms with E-state index in [1.165, 1.54) is 0 Å². The molecule has 0 aliphatic rings. The zero-order valence-electron chi connectivity index (χ0n) is 15.5. The van der Waals surface area contributed by atoms with Gasteiger partial charge in [0.1, 0.15) is 11.3 Å². The molecule has 0 saturated carbocycles. The van der Waals surface area contributed by atoms with Gasteiger partial charge in [-0.15, -0.1) is 0 Å². The third kappa shape index (κ3) is 3.92. The van der Waals surface area contributed by atoms with Crippen LogP contribution < -0.4 is 10.3 Å². The topological polar surface area (TPSA) is 68.4 Å². The average Bonchev–Trinajstić information content (AvgIpc) is 2.68. The second-order valence-corrected chi connectivity index (χ2v) is 6.12. The molecule has 0 saturated heterocycles. The van der Waals surface area contributed by atoms with Crippen LogP contribution in [0.4, 0.5) is 0 Å². The molecule has 2 aromatic carbocycles. The largest absolute Gasteiger partial charge is 0.497 e. The molecule has 3 aromatic rings. The van der Waals surface area contributed by atoms with Crippen LogP contribution in [-0.2, 0) is 4.74 Å². The van der Waals surface area contributed by atoms with Crippen LogP contribution in [0.2, 0.25) is 0 Å². The fraction of sp³-hybridized carbons (Fsp3) is 0.182. The van der Waals surface area contributed by atoms with Crippen LogP contribution >= 0.6 is 0 Å². The van der Waals surface area contributed by atoms with Crippen molar-refractivity contribution < 1.29 is 14.3 Å². The Kier molecular flexibility index (Phi) is 5.41. The van der Waals surface area contributed by atoms with Crippen molar-refractivity contribution in [2.24, 2.45) is 0 Å². The number of esters is 1. The second kappa shape index (κ2) is 7.91. The van der Waals surface area contributed by atoms with Gasteiger partial charge in [0.2, 0.25) is 0 Å². The van der Waals surface area contributed by atoms with Gasteiger partial charge in [-0.25, -0.2) is 4.79 Å². The lowest BCUT2D eigenvalue weighted by molar-refractivity contribution is 0.0525. The highest BCUT2D eigenvalue weighted by molar-refractivity contribution is 5.97. The Labute approximate surface area is 157 Å². The van der Waals surface area contributed by atoms with Gasteiger partial charge in [-0.2, -0.15) is 0 Å². The number of rotatable bonds is 5. The fourth-order valence-electron chi connectivity index (χ4n) is 2.85. The number of hydrogen-bond acceptors (Lipinski definition) is 4. The number of hydrogen-bond donors (Lipinski definition) is 1. The number of H-pyrrole nitrogens is 1. The van der Waals surface area contributed by atoms with Gasteiger partial charge in [0.15, 0.2) is 0 Å². The van der Waals surface area contributed by atoms with Crippen molar-refractivity contribution in [3.63, 3.8) is 0 Å². The summed E-state index contributed by atoms with van der Waals surface area (Å²) in [6.45, 7) is 3.90. The molecule has 0 spiro atoms. The lowest BCUT2D eigenvalue weighted by Gasteiger charge is -2.12. The van der Waals surface area contributed by atoms with Gasteiger partial charge in [-0.3, -0.25) is 4.79 Å². The summed E-state index contributed by atoms with van der Waals surface area (Å²) in [6.07, 6.45) is 0. The van der Waals surface area contributed by atoms with E-state index in [9.17, 15) is 9.59 Å². The number of benzene rings is 2. The molecule has 5 nitrogen and oxygen atoms in total. The summed E-state index contributed by atoms with van der Waals surface area (Å²) in [4.78, 5) is 27.9. The molecule has 1 aromatic heterocycles. The van der Waals surface area contributed by atoms with Crippen molar-refractivity contribution in [3.8, 4) is 28.1 Å². The Bertz CT molecular complexity index is 1000. The predicted octanol–water partition coefficient (Wildman–Crippen LogP) is 4.20. The third-order valence-corrected chi connectivity index (χ3v) is 4.28. The molecule has 0 fully saturated rings. The molecular formula is C22H21NO4. The maximum Gasteiger partial charge on any atom is 0.344 e. The third-order valence-electron chi connectivity index (χ3n) is 4.28. The summed E-state index contributed by atoms with van der Waals surface area (Å²) in [5.41, 5.74) is 3.41. The van der Waals surface area contributed by atoms with Crippen LogP contribution in [0.15, 0.2) is 59.4 Å². The number of carbonyl (C=O) groups excluding carboxylic acids is 1. The van der Waals surface area contributed by atoms with Gasteiger partial charge in [-0.1, -0.05) is 42.0 Å². The molecule has 138 valence electrons. The Balaban J connectivity index is 2.20. The summed E-state index contributed by atoms with van der Waals surface area (Å²) < 4.78 is 10.3. The molecule has 0 unspecified atom stereocenters. The van der Waals surface area contributed by atoms with Gasteiger partial charge in [0.25, 0.3) is 5.56 Å². The maximum atomic E-state index is 12.7. The lowest BCUT2D eigenvalue weighted by atomic mass is 9.98. The highest BCUT2D eigenvalue weighted by Gasteiger charge is 2.20. The minimum Gasteiger partial charge on any atom is -0.497 e. The van der Waals surface area contributed by atoms with Gasteiger partial charge in [0, 0.05) is 11.3 Å². The first-order chi connectivity index (χ1) is 13.0. The number of methoxy groups -OCH3 is 1. The van der Waals surface area contributed by atoms with Crippen LogP contribution in [0, 0.1) is 6.92 Å². The monoisotopic (exact) mass is 363 g/mol. The molecule has 0 radical (unpaired) electrons. The van der Waals surface area contributed by atoms with Gasteiger partial charge < -0.3 is 14.5 Å². The molecular weight excluding hydrogens is 342 g/mol. The number of carbonyl (C=O) groups is 1. The number of nitrogens with one attached hydrogen (secondary N) is 1. The average molecular weight is 363 g/mol. The van der Waals surface area contributed by atoms with Gasteiger partial charge in [-0.05, 0) is 43.2 Å². The summed E-state index contributed by atoms with van der Waals surface area (Å²) in [5.74, 6) is 0.0556. The number of ether oxygens (including phenoxy) is 2. The Morgan fingerprint density at radius 2 is 1.63 bits per heavy atom. The van der Waals surface area contributed by atoms with E-state index in [0.717, 1.165) is 16.7 Å². The van der Waals surface area contributed by atoms with Crippen molar-refractivity contribution in [1.29, 1.82) is 0 Å². The second-order valence-electron chi connectivity index (χ2n) is 6.12. The highest BCUT2D eigenvalue weighted by Crippen LogP contribution is 2.28. The Morgan fingerprint density at radius 3 is 2.22 bits per heavy atom. The predicted molar refractivity (Wildman–Crippen MR) is 105 cm³/mol. The van der Waals surface area contributed by atoms with Crippen molar-refractivity contribution >= 4 is 5.97 Å². The number of pyridine rings is 1. The highest BCUT2D eigenvalue weighted by atomic mass is 16.5. The SMILES string of the molecule is CCOC(=O)c1c(-c2ccc(OC)cc2)cc(-c2ccc(C)cc2)[nH]c1=O. The van der Waals surface area contributed by atoms with E-state index in [-0.39, 0.29) is 12.2 Å². The molecule has 27 heavy (non-hydrogen) atoms. The Hall–Kier alpha value is -3.34. The molecule has 3 rings (SSSR count). The molecule has 0 atom stereocenters. The van der Waals surface area contributed by atoms with E-state index in [0.29, 0.717) is 17.0 Å².